The van der Waals surface area contributed by atoms with Crippen LogP contribution in [0.25, 0.3) is 0 Å². The minimum atomic E-state index is -4.65. The molecule has 0 fully saturated rings. The maximum atomic E-state index is 12.7. The molecule has 0 amide bonds. The Morgan fingerprint density at radius 2 is 0.828 bits per heavy atom. The molecule has 64 heavy (non-hydrogen) atoms. The van der Waals surface area contributed by atoms with Crippen LogP contribution in [0, 0.1) is 47.4 Å². The Hall–Kier alpha value is -2.75. The first-order valence-corrected chi connectivity index (χ1v) is 27.1. The molecular weight excluding hydrogens is 822 g/mol. The summed E-state index contributed by atoms with van der Waals surface area (Å²) in [6.45, 7) is 4.13. The molecule has 0 aliphatic carbocycles. The molecule has 10 heteroatoms. The van der Waals surface area contributed by atoms with Gasteiger partial charge in [-0.25, -0.2) is 0 Å². The van der Waals surface area contributed by atoms with Gasteiger partial charge in [0.1, 0.15) is 19.8 Å². The van der Waals surface area contributed by atoms with Crippen LogP contribution in [0.2, 0.25) is 0 Å². The molecule has 0 aliphatic rings. The van der Waals surface area contributed by atoms with Crippen molar-refractivity contribution in [3.05, 3.63) is 0 Å². The fourth-order valence-corrected chi connectivity index (χ4v) is 7.49. The van der Waals surface area contributed by atoms with E-state index in [-0.39, 0.29) is 26.1 Å². The highest BCUT2D eigenvalue weighted by atomic mass is 31.2. The smallest absolute Gasteiger partial charge is 0.306 e. The summed E-state index contributed by atoms with van der Waals surface area (Å²) in [5.41, 5.74) is 0. The number of esters is 2. The Bertz CT molecular complexity index is 1440. The summed E-state index contributed by atoms with van der Waals surface area (Å²) in [7, 11) is 1.11. The number of rotatable bonds is 42. The summed E-state index contributed by atoms with van der Waals surface area (Å²) in [5, 5.41) is 0. The number of phosphoric acid groups is 1. The van der Waals surface area contributed by atoms with E-state index < -0.39 is 32.5 Å². The van der Waals surface area contributed by atoms with Crippen LogP contribution >= 0.6 is 7.82 Å². The first-order valence-electron chi connectivity index (χ1n) is 25.7. The van der Waals surface area contributed by atoms with Crippen molar-refractivity contribution in [2.45, 2.75) is 238 Å². The predicted molar refractivity (Wildman–Crippen MR) is 263 cm³/mol. The third-order valence-electron chi connectivity index (χ3n) is 10.8. The molecule has 0 saturated heterocycles. The van der Waals surface area contributed by atoms with Gasteiger partial charge in [0.25, 0.3) is 7.82 Å². The molecule has 0 rings (SSSR count). The van der Waals surface area contributed by atoms with Gasteiger partial charge in [0.05, 0.1) is 27.7 Å². The molecule has 0 saturated carbocycles. The van der Waals surface area contributed by atoms with Crippen LogP contribution in [-0.4, -0.2) is 70.0 Å². The number of ether oxygens (including phenoxy) is 2. The average Bonchev–Trinajstić information content (AvgIpc) is 3.25. The normalized spacial score (nSPS) is 12.3. The molecule has 0 N–H and O–H groups in total. The zero-order valence-electron chi connectivity index (χ0n) is 41.6. The summed E-state index contributed by atoms with van der Waals surface area (Å²) in [5.74, 6) is 23.7. The molecule has 0 bridgehead atoms. The minimum Gasteiger partial charge on any atom is -0.756 e. The topological polar surface area (TPSA) is 111 Å². The fraction of sp³-hybridized carbons (Fsp3) is 0.815. The molecular formula is C54H92NO8P. The van der Waals surface area contributed by atoms with Crippen molar-refractivity contribution in [2.75, 3.05) is 47.5 Å². The number of unbranched alkanes of at least 4 members (excludes halogenated alkanes) is 28. The minimum absolute atomic E-state index is 0.0476. The zero-order chi connectivity index (χ0) is 47.1. The number of carbonyl (C=O) groups excluding carboxylic acids is 2. The molecule has 0 aromatic rings. The number of carbonyl (C=O) groups is 2. The third-order valence-corrected chi connectivity index (χ3v) is 11.8. The van der Waals surface area contributed by atoms with E-state index in [0.717, 1.165) is 96.3 Å². The van der Waals surface area contributed by atoms with Crippen molar-refractivity contribution in [1.29, 1.82) is 0 Å². The van der Waals surface area contributed by atoms with E-state index in [0.29, 0.717) is 23.9 Å². The Morgan fingerprint density at radius 1 is 0.484 bits per heavy atom. The van der Waals surface area contributed by atoms with Crippen molar-refractivity contribution in [3.63, 3.8) is 0 Å². The van der Waals surface area contributed by atoms with Crippen LogP contribution in [0.1, 0.15) is 232 Å². The van der Waals surface area contributed by atoms with Gasteiger partial charge in [0, 0.05) is 38.5 Å². The quantitative estimate of drug-likeness (QED) is 0.0196. The lowest BCUT2D eigenvalue weighted by atomic mass is 10.1. The van der Waals surface area contributed by atoms with Crippen molar-refractivity contribution in [1.82, 2.24) is 0 Å². The molecule has 0 radical (unpaired) electrons. The predicted octanol–water partition coefficient (Wildman–Crippen LogP) is 13.0. The highest BCUT2D eigenvalue weighted by Crippen LogP contribution is 2.38. The number of likely N-dealkylation sites (N-methyl/N-ethyl adjacent to an activating group) is 1. The van der Waals surface area contributed by atoms with Crippen LogP contribution in [0.15, 0.2) is 0 Å². The van der Waals surface area contributed by atoms with Crippen molar-refractivity contribution in [3.8, 4) is 47.4 Å². The second-order valence-electron chi connectivity index (χ2n) is 18.3. The first kappa shape index (κ1) is 61.2. The molecule has 0 aromatic heterocycles. The average molecular weight is 914 g/mol. The number of quaternary nitrogens is 1. The number of nitrogens with zero attached hydrogens (tertiary/aromatic N) is 1. The molecule has 2 atom stereocenters. The van der Waals surface area contributed by atoms with Gasteiger partial charge in [-0.3, -0.25) is 14.2 Å². The zero-order valence-corrected chi connectivity index (χ0v) is 42.5. The van der Waals surface area contributed by atoms with Crippen LogP contribution < -0.4 is 4.89 Å². The van der Waals surface area contributed by atoms with Gasteiger partial charge >= 0.3 is 11.9 Å². The van der Waals surface area contributed by atoms with E-state index in [2.05, 4.69) is 61.2 Å². The van der Waals surface area contributed by atoms with Crippen LogP contribution in [-0.2, 0) is 32.7 Å². The molecule has 1 unspecified atom stereocenters. The lowest BCUT2D eigenvalue weighted by Crippen LogP contribution is -2.37. The molecule has 0 aliphatic heterocycles. The number of hydrogen-bond donors (Lipinski definition) is 0. The largest absolute Gasteiger partial charge is 0.756 e. The Balaban J connectivity index is 4.35. The van der Waals surface area contributed by atoms with Crippen molar-refractivity contribution >= 4 is 19.8 Å². The monoisotopic (exact) mass is 914 g/mol. The van der Waals surface area contributed by atoms with Gasteiger partial charge in [0.15, 0.2) is 6.10 Å². The van der Waals surface area contributed by atoms with E-state index in [1.807, 2.05) is 21.1 Å². The van der Waals surface area contributed by atoms with E-state index in [1.165, 1.54) is 96.3 Å². The van der Waals surface area contributed by atoms with E-state index >= 15 is 0 Å². The summed E-state index contributed by atoms with van der Waals surface area (Å²) in [6.07, 6.45) is 35.4. The van der Waals surface area contributed by atoms with Crippen molar-refractivity contribution in [2.24, 2.45) is 0 Å². The Morgan fingerprint density at radius 3 is 1.20 bits per heavy atom. The highest BCUT2D eigenvalue weighted by Gasteiger charge is 2.21. The summed E-state index contributed by atoms with van der Waals surface area (Å²) in [4.78, 5) is 37.7. The molecule has 0 heterocycles. The van der Waals surface area contributed by atoms with Crippen LogP contribution in [0.5, 0.6) is 0 Å². The number of phosphoric ester groups is 1. The highest BCUT2D eigenvalue weighted by molar-refractivity contribution is 7.45. The van der Waals surface area contributed by atoms with Crippen molar-refractivity contribution < 1.29 is 42.1 Å². The summed E-state index contributed by atoms with van der Waals surface area (Å²) in [6, 6.07) is 0. The van der Waals surface area contributed by atoms with E-state index in [1.54, 1.807) is 0 Å². The molecule has 0 aromatic carbocycles. The maximum absolute atomic E-state index is 12.7. The van der Waals surface area contributed by atoms with Gasteiger partial charge in [-0.2, -0.15) is 0 Å². The second kappa shape index (κ2) is 45.4. The van der Waals surface area contributed by atoms with Gasteiger partial charge in [0.2, 0.25) is 0 Å². The Kier molecular flexibility index (Phi) is 43.5. The van der Waals surface area contributed by atoms with Crippen LogP contribution in [0.3, 0.4) is 0 Å². The van der Waals surface area contributed by atoms with Crippen LogP contribution in [0.4, 0.5) is 0 Å². The second-order valence-corrected chi connectivity index (χ2v) is 19.7. The standard InChI is InChI=1S/C54H92NO8P/c1-6-8-10-12-14-16-18-20-22-24-26-28-30-32-34-36-38-40-42-44-46-53(56)60-50-52(51-62-64(58,59)61-49-48-55(3,4)5)63-54(57)47-45-43-41-39-37-35-33-31-29-27-25-23-21-19-17-15-13-11-9-7-2/h52H,6-23,32-51H2,1-5H3/t52-/m0/s1. The molecule has 0 spiro atoms. The molecule has 9 nitrogen and oxygen atoms in total. The van der Waals surface area contributed by atoms with Gasteiger partial charge < -0.3 is 27.9 Å². The lowest BCUT2D eigenvalue weighted by Gasteiger charge is -2.28. The van der Waals surface area contributed by atoms with Gasteiger partial charge in [-0.1, -0.05) is 179 Å². The number of hydrogen-bond acceptors (Lipinski definition) is 8. The first-order chi connectivity index (χ1) is 31.0. The van der Waals surface area contributed by atoms with E-state index in [4.69, 9.17) is 18.5 Å². The van der Waals surface area contributed by atoms with Gasteiger partial charge in [-0.15, -0.1) is 0 Å². The van der Waals surface area contributed by atoms with Gasteiger partial charge in [-0.05, 0) is 62.2 Å². The SMILES string of the molecule is CCCCCCCCCCC#CC#CCCCCCCCCC(=O)OC[C@@H](COP(=O)([O-])OCC[N+](C)(C)C)OC(=O)CCCCCCCCC#CC#CCCCCCCCCCC. The lowest BCUT2D eigenvalue weighted by molar-refractivity contribution is -0.870. The summed E-state index contributed by atoms with van der Waals surface area (Å²) >= 11 is 0. The van der Waals surface area contributed by atoms with E-state index in [9.17, 15) is 19.0 Å². The summed E-state index contributed by atoms with van der Waals surface area (Å²) < 4.78 is 34.0. The molecule has 366 valence electrons. The third kappa shape index (κ3) is 48.7. The maximum Gasteiger partial charge on any atom is 0.306 e. The fourth-order valence-electron chi connectivity index (χ4n) is 6.76. The Labute approximate surface area is 393 Å².